The van der Waals surface area contributed by atoms with Crippen molar-refractivity contribution in [2.75, 3.05) is 0 Å². The molecule has 3 rings (SSSR count). The quantitative estimate of drug-likeness (QED) is 0.446. The van der Waals surface area contributed by atoms with E-state index in [4.69, 9.17) is 9.52 Å². The maximum absolute atomic E-state index is 10.6. The zero-order chi connectivity index (χ0) is 16.2. The third-order valence-electron chi connectivity index (χ3n) is 3.53. The Bertz CT molecular complexity index is 807. The van der Waals surface area contributed by atoms with Crippen molar-refractivity contribution in [1.29, 1.82) is 0 Å². The lowest BCUT2D eigenvalue weighted by Gasteiger charge is -2.02. The predicted octanol–water partition coefficient (Wildman–Crippen LogP) is 2.68. The van der Waals surface area contributed by atoms with Gasteiger partial charge >= 0.3 is 5.88 Å². The minimum absolute atomic E-state index is 0.0321. The highest BCUT2D eigenvalue weighted by Crippen LogP contribution is 2.19. The fourth-order valence-electron chi connectivity index (χ4n) is 2.29. The molecule has 1 N–H and O–H groups in total. The number of pyridine rings is 1. The van der Waals surface area contributed by atoms with Crippen LogP contribution >= 0.6 is 0 Å². The average Bonchev–Trinajstić information content (AvgIpc) is 3.04. The molecule has 0 amide bonds. The van der Waals surface area contributed by atoms with Gasteiger partial charge in [0.2, 0.25) is 6.54 Å². The topological polar surface area (TPSA) is 80.4 Å². The Labute approximate surface area is 132 Å². The first-order chi connectivity index (χ1) is 11.2. The maximum atomic E-state index is 10.6. The van der Waals surface area contributed by atoms with Crippen molar-refractivity contribution in [3.63, 3.8) is 0 Å². The second-order valence-electron chi connectivity index (χ2n) is 5.11. The summed E-state index contributed by atoms with van der Waals surface area (Å²) in [5.74, 6) is 0.281. The summed E-state index contributed by atoms with van der Waals surface area (Å²) in [5, 5.41) is 19.7. The zero-order valence-corrected chi connectivity index (χ0v) is 12.3. The van der Waals surface area contributed by atoms with E-state index < -0.39 is 4.92 Å². The van der Waals surface area contributed by atoms with Crippen molar-refractivity contribution in [3.05, 3.63) is 82.4 Å². The van der Waals surface area contributed by atoms with Crippen LogP contribution in [0.5, 0.6) is 0 Å². The van der Waals surface area contributed by atoms with E-state index in [1.807, 2.05) is 53.4 Å². The Balaban J connectivity index is 1.74. The third kappa shape index (κ3) is 3.44. The normalized spacial score (nSPS) is 10.7. The maximum Gasteiger partial charge on any atom is 0.433 e. The molecule has 0 atom stereocenters. The molecule has 23 heavy (non-hydrogen) atoms. The first-order valence-electron chi connectivity index (χ1n) is 7.08. The Morgan fingerprint density at radius 2 is 1.65 bits per heavy atom. The summed E-state index contributed by atoms with van der Waals surface area (Å²) in [7, 11) is 0. The Morgan fingerprint density at radius 3 is 2.22 bits per heavy atom. The van der Waals surface area contributed by atoms with Gasteiger partial charge in [0.25, 0.3) is 0 Å². The molecule has 6 heteroatoms. The summed E-state index contributed by atoms with van der Waals surface area (Å²) < 4.78 is 7.03. The van der Waals surface area contributed by atoms with Gasteiger partial charge in [0.05, 0.1) is 12.7 Å². The highest BCUT2D eigenvalue weighted by molar-refractivity contribution is 5.62. The largest absolute Gasteiger partial charge is 0.433 e. The van der Waals surface area contributed by atoms with Gasteiger partial charge in [-0.3, -0.25) is 10.1 Å². The van der Waals surface area contributed by atoms with Crippen LogP contribution in [0.4, 0.5) is 5.88 Å². The number of hydrogen-bond donors (Lipinski definition) is 1. The molecule has 2 heterocycles. The summed E-state index contributed by atoms with van der Waals surface area (Å²) in [6.07, 6.45) is 3.79. The summed E-state index contributed by atoms with van der Waals surface area (Å²) >= 11 is 0. The van der Waals surface area contributed by atoms with Gasteiger partial charge in [-0.2, -0.15) is 4.57 Å². The Kier molecular flexibility index (Phi) is 4.16. The van der Waals surface area contributed by atoms with Crippen molar-refractivity contribution in [2.45, 2.75) is 13.2 Å². The molecule has 116 valence electrons. The number of benzene rings is 1. The second kappa shape index (κ2) is 6.41. The van der Waals surface area contributed by atoms with Gasteiger partial charge in [0.15, 0.2) is 18.2 Å². The molecule has 1 aromatic carbocycles. The highest BCUT2D eigenvalue weighted by Gasteiger charge is 2.14. The summed E-state index contributed by atoms with van der Waals surface area (Å²) in [5.41, 5.74) is 2.98. The SMILES string of the molecule is O=[N+]([O-])c1ccc(C[n+]2ccc(-c3ccc(CO)cc3)cc2)o1. The molecule has 0 spiro atoms. The van der Waals surface area contributed by atoms with E-state index in [9.17, 15) is 10.1 Å². The molecule has 0 fully saturated rings. The monoisotopic (exact) mass is 311 g/mol. The Morgan fingerprint density at radius 1 is 1.00 bits per heavy atom. The van der Waals surface area contributed by atoms with E-state index in [0.717, 1.165) is 16.7 Å². The molecule has 0 unspecified atom stereocenters. The molecule has 0 radical (unpaired) electrons. The molecular weight excluding hydrogens is 296 g/mol. The van der Waals surface area contributed by atoms with Crippen LogP contribution in [-0.2, 0) is 13.2 Å². The zero-order valence-electron chi connectivity index (χ0n) is 12.3. The molecular formula is C17H15N2O4+. The number of aliphatic hydroxyl groups excluding tert-OH is 1. The lowest BCUT2D eigenvalue weighted by Crippen LogP contribution is -2.32. The number of furan rings is 1. The van der Waals surface area contributed by atoms with Gasteiger partial charge < -0.3 is 9.52 Å². The summed E-state index contributed by atoms with van der Waals surface area (Å²) in [4.78, 5) is 10.1. The summed E-state index contributed by atoms with van der Waals surface area (Å²) in [6.45, 7) is 0.460. The van der Waals surface area contributed by atoms with Crippen LogP contribution in [0.1, 0.15) is 11.3 Å². The van der Waals surface area contributed by atoms with Crippen LogP contribution in [0.15, 0.2) is 65.3 Å². The molecule has 6 nitrogen and oxygen atoms in total. The highest BCUT2D eigenvalue weighted by atomic mass is 16.6. The van der Waals surface area contributed by atoms with Crippen LogP contribution in [0, 0.1) is 10.1 Å². The average molecular weight is 311 g/mol. The molecule has 2 aromatic heterocycles. The predicted molar refractivity (Wildman–Crippen MR) is 82.5 cm³/mol. The van der Waals surface area contributed by atoms with Crippen molar-refractivity contribution < 1.29 is 19.0 Å². The van der Waals surface area contributed by atoms with Gasteiger partial charge in [0.1, 0.15) is 4.92 Å². The van der Waals surface area contributed by atoms with E-state index in [1.54, 1.807) is 6.07 Å². The summed E-state index contributed by atoms with van der Waals surface area (Å²) in [6, 6.07) is 14.6. The number of nitrogens with zero attached hydrogens (tertiary/aromatic N) is 2. The standard InChI is InChI=1S/C17H15N2O4/c20-12-13-1-3-14(4-2-13)15-7-9-18(10-8-15)11-16-5-6-17(23-16)19(21)22/h1-10,20H,11-12H2/q+1. The van der Waals surface area contributed by atoms with E-state index in [-0.39, 0.29) is 12.5 Å². The molecule has 0 aliphatic carbocycles. The number of nitro groups is 1. The molecule has 0 saturated heterocycles. The van der Waals surface area contributed by atoms with Gasteiger partial charge in [0, 0.05) is 12.1 Å². The Hall–Kier alpha value is -2.99. The van der Waals surface area contributed by atoms with Gasteiger partial charge in [-0.15, -0.1) is 0 Å². The molecule has 0 aliphatic heterocycles. The first kappa shape index (κ1) is 14.9. The lowest BCUT2D eigenvalue weighted by atomic mass is 10.1. The van der Waals surface area contributed by atoms with Crippen molar-refractivity contribution in [3.8, 4) is 11.1 Å². The molecule has 3 aromatic rings. The molecule has 0 bridgehead atoms. The van der Waals surface area contributed by atoms with E-state index in [1.165, 1.54) is 6.07 Å². The van der Waals surface area contributed by atoms with Crippen LogP contribution in [-0.4, -0.2) is 10.0 Å². The third-order valence-corrected chi connectivity index (χ3v) is 3.53. The number of aliphatic hydroxyl groups is 1. The number of rotatable bonds is 5. The molecule has 0 aliphatic rings. The van der Waals surface area contributed by atoms with Crippen LogP contribution < -0.4 is 4.57 Å². The molecule has 0 saturated carbocycles. The van der Waals surface area contributed by atoms with Crippen molar-refractivity contribution in [1.82, 2.24) is 0 Å². The van der Waals surface area contributed by atoms with Crippen LogP contribution in [0.25, 0.3) is 11.1 Å². The fraction of sp³-hybridized carbons (Fsp3) is 0.118. The van der Waals surface area contributed by atoms with Gasteiger partial charge in [-0.05, 0) is 22.8 Å². The van der Waals surface area contributed by atoms with Crippen LogP contribution in [0.2, 0.25) is 0 Å². The van der Waals surface area contributed by atoms with E-state index in [2.05, 4.69) is 0 Å². The van der Waals surface area contributed by atoms with Crippen LogP contribution in [0.3, 0.4) is 0 Å². The fourth-order valence-corrected chi connectivity index (χ4v) is 2.29. The van der Waals surface area contributed by atoms with Crippen molar-refractivity contribution >= 4 is 5.88 Å². The second-order valence-corrected chi connectivity index (χ2v) is 5.11. The lowest BCUT2D eigenvalue weighted by molar-refractivity contribution is -0.690. The first-order valence-corrected chi connectivity index (χ1v) is 7.08. The number of hydrogen-bond acceptors (Lipinski definition) is 4. The van der Waals surface area contributed by atoms with E-state index in [0.29, 0.717) is 12.3 Å². The van der Waals surface area contributed by atoms with Gasteiger partial charge in [-0.1, -0.05) is 24.3 Å². The minimum Gasteiger partial charge on any atom is -0.399 e. The van der Waals surface area contributed by atoms with Gasteiger partial charge in [-0.25, -0.2) is 0 Å². The smallest absolute Gasteiger partial charge is 0.399 e. The van der Waals surface area contributed by atoms with Crippen molar-refractivity contribution in [2.24, 2.45) is 0 Å². The van der Waals surface area contributed by atoms with E-state index >= 15 is 0 Å². The number of aromatic nitrogens is 1. The minimum atomic E-state index is -0.548.